The van der Waals surface area contributed by atoms with Gasteiger partial charge in [0.1, 0.15) is 11.5 Å². The first kappa shape index (κ1) is 21.8. The van der Waals surface area contributed by atoms with Crippen molar-refractivity contribution in [2.24, 2.45) is 5.92 Å². The van der Waals surface area contributed by atoms with Crippen LogP contribution in [-0.4, -0.2) is 16.0 Å². The topological polar surface area (TPSA) is 57.5 Å². The van der Waals surface area contributed by atoms with E-state index >= 15 is 0 Å². The van der Waals surface area contributed by atoms with E-state index in [-0.39, 0.29) is 28.8 Å². The number of aromatic hydroxyl groups is 2. The van der Waals surface area contributed by atoms with E-state index in [0.717, 1.165) is 19.3 Å². The zero-order valence-corrected chi connectivity index (χ0v) is 16.7. The van der Waals surface area contributed by atoms with Crippen molar-refractivity contribution in [3.63, 3.8) is 0 Å². The summed E-state index contributed by atoms with van der Waals surface area (Å²) < 4.78 is 0. The summed E-state index contributed by atoms with van der Waals surface area (Å²) in [4.78, 5) is 12.4. The summed E-state index contributed by atoms with van der Waals surface area (Å²) in [6.07, 6.45) is 10.0. The van der Waals surface area contributed by atoms with Crippen molar-refractivity contribution < 1.29 is 15.0 Å². The minimum absolute atomic E-state index is 0.0464. The van der Waals surface area contributed by atoms with Gasteiger partial charge in [-0.2, -0.15) is 0 Å². The van der Waals surface area contributed by atoms with Crippen LogP contribution in [0.5, 0.6) is 11.5 Å². The molecule has 1 aromatic carbocycles. The molecule has 0 bridgehead atoms. The smallest absolute Gasteiger partial charge is 0.167 e. The second kappa shape index (κ2) is 10.6. The lowest BCUT2D eigenvalue weighted by Crippen LogP contribution is -2.07. The predicted molar refractivity (Wildman–Crippen MR) is 109 cm³/mol. The minimum Gasteiger partial charge on any atom is -0.508 e. The molecule has 1 unspecified atom stereocenters. The highest BCUT2D eigenvalue weighted by molar-refractivity contribution is 5.99. The van der Waals surface area contributed by atoms with Crippen LogP contribution in [0.1, 0.15) is 70.7 Å². The molecule has 0 aliphatic carbocycles. The van der Waals surface area contributed by atoms with E-state index in [9.17, 15) is 15.0 Å². The van der Waals surface area contributed by atoms with Gasteiger partial charge in [0.2, 0.25) is 0 Å². The molecule has 0 aromatic heterocycles. The molecule has 0 saturated carbocycles. The summed E-state index contributed by atoms with van der Waals surface area (Å²) >= 11 is 0. The largest absolute Gasteiger partial charge is 0.508 e. The molecule has 0 fully saturated rings. The number of hydrogen-bond donors (Lipinski definition) is 2. The molecule has 0 heterocycles. The first-order valence-electron chi connectivity index (χ1n) is 9.21. The van der Waals surface area contributed by atoms with Crippen LogP contribution in [0.4, 0.5) is 0 Å². The fraction of sp³-hybridized carbons (Fsp3) is 0.435. The van der Waals surface area contributed by atoms with Gasteiger partial charge in [0, 0.05) is 12.5 Å². The number of hydrogen-bond acceptors (Lipinski definition) is 3. The van der Waals surface area contributed by atoms with Gasteiger partial charge < -0.3 is 10.2 Å². The Kier molecular flexibility index (Phi) is 8.91. The predicted octanol–water partition coefficient (Wildman–Crippen LogP) is 6.34. The van der Waals surface area contributed by atoms with Gasteiger partial charge in [0.05, 0.1) is 5.56 Å². The number of benzene rings is 1. The van der Waals surface area contributed by atoms with Crippen molar-refractivity contribution in [3.8, 4) is 11.5 Å². The molecule has 3 nitrogen and oxygen atoms in total. The zero-order chi connectivity index (χ0) is 19.7. The maximum Gasteiger partial charge on any atom is 0.167 e. The van der Waals surface area contributed by atoms with Gasteiger partial charge in [-0.3, -0.25) is 4.79 Å². The normalized spacial score (nSPS) is 13.4. The highest BCUT2D eigenvalue weighted by atomic mass is 16.3. The Labute approximate surface area is 157 Å². The third-order valence-corrected chi connectivity index (χ3v) is 4.55. The fourth-order valence-electron chi connectivity index (χ4n) is 2.64. The van der Waals surface area contributed by atoms with Crippen molar-refractivity contribution in [2.75, 3.05) is 0 Å². The maximum atomic E-state index is 12.4. The molecular formula is C23H32O3. The van der Waals surface area contributed by atoms with E-state index in [2.05, 4.69) is 39.0 Å². The second-order valence-corrected chi connectivity index (χ2v) is 7.28. The van der Waals surface area contributed by atoms with Crippen molar-refractivity contribution in [2.45, 2.75) is 60.3 Å². The first-order chi connectivity index (χ1) is 12.2. The molecule has 1 atom stereocenters. The molecule has 0 saturated heterocycles. The van der Waals surface area contributed by atoms with Gasteiger partial charge in [0.15, 0.2) is 5.78 Å². The van der Waals surface area contributed by atoms with Crippen LogP contribution in [0, 0.1) is 5.92 Å². The Morgan fingerprint density at radius 1 is 1.08 bits per heavy atom. The van der Waals surface area contributed by atoms with E-state index in [1.807, 2.05) is 13.8 Å². The van der Waals surface area contributed by atoms with E-state index in [1.54, 1.807) is 0 Å². The highest BCUT2D eigenvalue weighted by Gasteiger charge is 2.16. The number of ketones is 1. The van der Waals surface area contributed by atoms with Gasteiger partial charge in [-0.25, -0.2) is 0 Å². The molecule has 26 heavy (non-hydrogen) atoms. The van der Waals surface area contributed by atoms with E-state index in [1.165, 1.54) is 34.9 Å². The van der Waals surface area contributed by atoms with E-state index in [4.69, 9.17) is 0 Å². The monoisotopic (exact) mass is 356 g/mol. The average molecular weight is 357 g/mol. The summed E-state index contributed by atoms with van der Waals surface area (Å²) in [6, 6.07) is 4.09. The van der Waals surface area contributed by atoms with Crippen LogP contribution in [0.3, 0.4) is 0 Å². The van der Waals surface area contributed by atoms with Crippen molar-refractivity contribution in [1.29, 1.82) is 0 Å². The lowest BCUT2D eigenvalue weighted by Gasteiger charge is -2.12. The Morgan fingerprint density at radius 3 is 2.38 bits per heavy atom. The molecule has 0 spiro atoms. The summed E-state index contributed by atoms with van der Waals surface area (Å²) in [5.41, 5.74) is 4.17. The number of Topliss-reactive ketones (excluding diaryl/α,β-unsaturated/α-hetero) is 1. The molecular weight excluding hydrogens is 324 g/mol. The SMILES string of the molecule is CC(C)=CCC/C(C)=C/C/C=C(\C)C(C)CC(=O)c1ccc(O)cc1O. The third-order valence-electron chi connectivity index (χ3n) is 4.55. The molecule has 0 aliphatic rings. The van der Waals surface area contributed by atoms with Crippen LogP contribution in [0.2, 0.25) is 0 Å². The van der Waals surface area contributed by atoms with Gasteiger partial charge >= 0.3 is 0 Å². The molecule has 0 aliphatic heterocycles. The quantitative estimate of drug-likeness (QED) is 0.401. The number of carbonyl (C=O) groups is 1. The molecule has 142 valence electrons. The molecule has 0 radical (unpaired) electrons. The lowest BCUT2D eigenvalue weighted by molar-refractivity contribution is 0.0967. The molecule has 3 heteroatoms. The zero-order valence-electron chi connectivity index (χ0n) is 16.7. The van der Waals surface area contributed by atoms with Crippen molar-refractivity contribution >= 4 is 5.78 Å². The molecule has 1 aromatic rings. The summed E-state index contributed by atoms with van der Waals surface area (Å²) in [5, 5.41) is 19.1. The Balaban J connectivity index is 2.57. The Morgan fingerprint density at radius 2 is 1.77 bits per heavy atom. The number of allylic oxidation sites excluding steroid dienone is 6. The van der Waals surface area contributed by atoms with Crippen molar-refractivity contribution in [3.05, 3.63) is 58.7 Å². The molecule has 1 rings (SSSR count). The van der Waals surface area contributed by atoms with Gasteiger partial charge in [-0.05, 0) is 65.0 Å². The minimum atomic E-state index is -0.168. The first-order valence-corrected chi connectivity index (χ1v) is 9.21. The second-order valence-electron chi connectivity index (χ2n) is 7.28. The number of rotatable bonds is 9. The van der Waals surface area contributed by atoms with Gasteiger partial charge in [-0.15, -0.1) is 0 Å². The number of carbonyl (C=O) groups excluding carboxylic acids is 1. The number of phenols is 2. The Bertz CT molecular complexity index is 704. The van der Waals surface area contributed by atoms with Crippen LogP contribution in [0.15, 0.2) is 53.1 Å². The fourth-order valence-corrected chi connectivity index (χ4v) is 2.64. The summed E-state index contributed by atoms with van der Waals surface area (Å²) in [6.45, 7) is 10.5. The third kappa shape index (κ3) is 7.73. The lowest BCUT2D eigenvalue weighted by atomic mass is 9.93. The Hall–Kier alpha value is -2.29. The molecule has 2 N–H and O–H groups in total. The van der Waals surface area contributed by atoms with Crippen LogP contribution in [0.25, 0.3) is 0 Å². The summed E-state index contributed by atoms with van der Waals surface area (Å²) in [5.74, 6) is -0.222. The van der Waals surface area contributed by atoms with E-state index < -0.39 is 0 Å². The average Bonchev–Trinajstić information content (AvgIpc) is 2.54. The number of phenolic OH excluding ortho intramolecular Hbond substituents is 2. The van der Waals surface area contributed by atoms with Gasteiger partial charge in [-0.1, -0.05) is 41.9 Å². The maximum absolute atomic E-state index is 12.4. The van der Waals surface area contributed by atoms with E-state index in [0.29, 0.717) is 6.42 Å². The van der Waals surface area contributed by atoms with Gasteiger partial charge in [0.25, 0.3) is 0 Å². The van der Waals surface area contributed by atoms with Crippen LogP contribution >= 0.6 is 0 Å². The van der Waals surface area contributed by atoms with Crippen LogP contribution in [-0.2, 0) is 0 Å². The standard InChI is InChI=1S/C23H32O3/c1-16(2)8-6-9-17(3)10-7-11-18(4)19(5)14-22(25)21-13-12-20(24)15-23(21)26/h8,10-13,15,19,24,26H,6-7,9,14H2,1-5H3/b17-10+,18-11+. The highest BCUT2D eigenvalue weighted by Crippen LogP contribution is 2.26. The van der Waals surface area contributed by atoms with Crippen LogP contribution < -0.4 is 0 Å². The van der Waals surface area contributed by atoms with Crippen molar-refractivity contribution in [1.82, 2.24) is 0 Å². The summed E-state index contributed by atoms with van der Waals surface area (Å²) in [7, 11) is 0. The molecule has 0 amide bonds.